The molecule has 0 radical (unpaired) electrons. The summed E-state index contributed by atoms with van der Waals surface area (Å²) in [6.07, 6.45) is 3.64. The summed E-state index contributed by atoms with van der Waals surface area (Å²) in [5, 5.41) is 0.980. The van der Waals surface area contributed by atoms with Crippen molar-refractivity contribution in [2.24, 2.45) is 5.92 Å². The molecule has 1 aromatic heterocycles. The molecule has 0 unspecified atom stereocenters. The standard InChI is InChI=1S/C15H24N2O2S/c1-5-19-14(18)13-11(4)20-15(16-13)17(12-6-7-12)9-8-10(2)3/h10,12H,5-9H2,1-4H3. The van der Waals surface area contributed by atoms with Crippen LogP contribution in [0.2, 0.25) is 0 Å². The minimum Gasteiger partial charge on any atom is -0.461 e. The average Bonchev–Trinajstić information content (AvgIpc) is 3.13. The zero-order valence-electron chi connectivity index (χ0n) is 12.8. The summed E-state index contributed by atoms with van der Waals surface area (Å²) in [5.74, 6) is 0.383. The molecule has 1 aliphatic rings. The van der Waals surface area contributed by atoms with E-state index in [0.717, 1.165) is 23.0 Å². The molecule has 1 heterocycles. The van der Waals surface area contributed by atoms with Crippen LogP contribution in [-0.2, 0) is 4.74 Å². The van der Waals surface area contributed by atoms with Crippen LogP contribution in [0.5, 0.6) is 0 Å². The Kier molecular flexibility index (Phi) is 5.02. The number of thiazole rings is 1. The highest BCUT2D eigenvalue weighted by atomic mass is 32.1. The number of carbonyl (C=O) groups excluding carboxylic acids is 1. The molecule has 1 aliphatic carbocycles. The van der Waals surface area contributed by atoms with Crippen LogP contribution in [0.4, 0.5) is 5.13 Å². The van der Waals surface area contributed by atoms with Gasteiger partial charge in [0.15, 0.2) is 10.8 Å². The number of esters is 1. The van der Waals surface area contributed by atoms with Crippen LogP contribution in [0.1, 0.15) is 55.4 Å². The van der Waals surface area contributed by atoms with Gasteiger partial charge in [-0.3, -0.25) is 0 Å². The summed E-state index contributed by atoms with van der Waals surface area (Å²) in [5.41, 5.74) is 0.488. The molecule has 4 nitrogen and oxygen atoms in total. The summed E-state index contributed by atoms with van der Waals surface area (Å²) in [6.45, 7) is 9.66. The van der Waals surface area contributed by atoms with Crippen LogP contribution in [0.15, 0.2) is 0 Å². The van der Waals surface area contributed by atoms with E-state index in [-0.39, 0.29) is 5.97 Å². The highest BCUT2D eigenvalue weighted by molar-refractivity contribution is 7.15. The van der Waals surface area contributed by atoms with Crippen molar-refractivity contribution in [2.75, 3.05) is 18.1 Å². The van der Waals surface area contributed by atoms with Crippen molar-refractivity contribution in [2.45, 2.75) is 53.0 Å². The van der Waals surface area contributed by atoms with Gasteiger partial charge in [-0.1, -0.05) is 13.8 Å². The second-order valence-corrected chi connectivity index (χ2v) is 6.91. The second kappa shape index (κ2) is 6.57. The fraction of sp³-hybridized carbons (Fsp3) is 0.733. The van der Waals surface area contributed by atoms with Gasteiger partial charge in [-0.2, -0.15) is 0 Å². The third kappa shape index (κ3) is 3.72. The predicted molar refractivity (Wildman–Crippen MR) is 82.6 cm³/mol. The molecule has 5 heteroatoms. The number of rotatable bonds is 7. The SMILES string of the molecule is CCOC(=O)c1nc(N(CCC(C)C)C2CC2)sc1C. The lowest BCUT2D eigenvalue weighted by molar-refractivity contribution is 0.0519. The van der Waals surface area contributed by atoms with E-state index in [1.807, 2.05) is 13.8 Å². The Hall–Kier alpha value is -1.10. The molecule has 0 saturated heterocycles. The zero-order chi connectivity index (χ0) is 14.7. The second-order valence-electron chi connectivity index (χ2n) is 5.73. The summed E-state index contributed by atoms with van der Waals surface area (Å²) in [7, 11) is 0. The van der Waals surface area contributed by atoms with Crippen molar-refractivity contribution in [1.82, 2.24) is 4.98 Å². The van der Waals surface area contributed by atoms with Crippen LogP contribution in [-0.4, -0.2) is 30.1 Å². The maximum absolute atomic E-state index is 11.9. The minimum absolute atomic E-state index is 0.299. The van der Waals surface area contributed by atoms with Gasteiger partial charge in [0.25, 0.3) is 0 Å². The number of ether oxygens (including phenoxy) is 1. The molecule has 0 atom stereocenters. The van der Waals surface area contributed by atoms with Gasteiger partial charge in [-0.15, -0.1) is 11.3 Å². The van der Waals surface area contributed by atoms with Crippen molar-refractivity contribution in [1.29, 1.82) is 0 Å². The maximum Gasteiger partial charge on any atom is 0.358 e. The lowest BCUT2D eigenvalue weighted by Gasteiger charge is -2.22. The molecule has 0 spiro atoms. The molecule has 2 rings (SSSR count). The summed E-state index contributed by atoms with van der Waals surface area (Å²) >= 11 is 1.61. The van der Waals surface area contributed by atoms with Gasteiger partial charge in [0.1, 0.15) is 0 Å². The molecule has 20 heavy (non-hydrogen) atoms. The molecule has 1 saturated carbocycles. The van der Waals surface area contributed by atoms with E-state index < -0.39 is 0 Å². The smallest absolute Gasteiger partial charge is 0.358 e. The average molecular weight is 296 g/mol. The monoisotopic (exact) mass is 296 g/mol. The topological polar surface area (TPSA) is 42.4 Å². The molecule has 1 fully saturated rings. The van der Waals surface area contributed by atoms with Gasteiger partial charge in [0.2, 0.25) is 0 Å². The summed E-state index contributed by atoms with van der Waals surface area (Å²) < 4.78 is 5.06. The van der Waals surface area contributed by atoms with Crippen LogP contribution in [0.3, 0.4) is 0 Å². The van der Waals surface area contributed by atoms with E-state index >= 15 is 0 Å². The molecule has 0 N–H and O–H groups in total. The Morgan fingerprint density at radius 1 is 1.50 bits per heavy atom. The first-order chi connectivity index (χ1) is 9.52. The number of aromatic nitrogens is 1. The fourth-order valence-electron chi connectivity index (χ4n) is 2.11. The van der Waals surface area contributed by atoms with Crippen molar-refractivity contribution < 1.29 is 9.53 Å². The number of anilines is 1. The maximum atomic E-state index is 11.9. The van der Waals surface area contributed by atoms with E-state index in [1.165, 1.54) is 12.8 Å². The lowest BCUT2D eigenvalue weighted by Crippen LogP contribution is -2.27. The quantitative estimate of drug-likeness (QED) is 0.720. The van der Waals surface area contributed by atoms with Gasteiger partial charge in [-0.05, 0) is 39.0 Å². The number of hydrogen-bond donors (Lipinski definition) is 0. The Morgan fingerprint density at radius 2 is 2.20 bits per heavy atom. The molecule has 0 aliphatic heterocycles. The Morgan fingerprint density at radius 3 is 2.75 bits per heavy atom. The van der Waals surface area contributed by atoms with Crippen molar-refractivity contribution in [3.8, 4) is 0 Å². The summed E-state index contributed by atoms with van der Waals surface area (Å²) in [6, 6.07) is 0.620. The van der Waals surface area contributed by atoms with Gasteiger partial charge < -0.3 is 9.64 Å². The third-order valence-electron chi connectivity index (χ3n) is 3.43. The van der Waals surface area contributed by atoms with Gasteiger partial charge in [0, 0.05) is 17.5 Å². The molecule has 112 valence electrons. The van der Waals surface area contributed by atoms with E-state index in [2.05, 4.69) is 23.7 Å². The largest absolute Gasteiger partial charge is 0.461 e. The summed E-state index contributed by atoms with van der Waals surface area (Å²) in [4.78, 5) is 19.7. The number of carbonyl (C=O) groups is 1. The Bertz CT molecular complexity index is 466. The van der Waals surface area contributed by atoms with Crippen molar-refractivity contribution in [3.05, 3.63) is 10.6 Å². The van der Waals surface area contributed by atoms with Crippen LogP contribution < -0.4 is 4.90 Å². The van der Waals surface area contributed by atoms with Crippen LogP contribution in [0, 0.1) is 12.8 Å². The number of hydrogen-bond acceptors (Lipinski definition) is 5. The predicted octanol–water partition coefficient (Wildman–Crippen LogP) is 3.64. The lowest BCUT2D eigenvalue weighted by atomic mass is 10.1. The molecule has 1 aromatic rings. The fourth-order valence-corrected chi connectivity index (χ4v) is 3.11. The van der Waals surface area contributed by atoms with Gasteiger partial charge in [-0.25, -0.2) is 9.78 Å². The molecule has 0 amide bonds. The van der Waals surface area contributed by atoms with Gasteiger partial charge in [0.05, 0.1) is 6.61 Å². The van der Waals surface area contributed by atoms with Crippen molar-refractivity contribution in [3.63, 3.8) is 0 Å². The Balaban J connectivity index is 2.13. The van der Waals surface area contributed by atoms with Crippen molar-refractivity contribution >= 4 is 22.4 Å². The number of aryl methyl sites for hydroxylation is 1. The van der Waals surface area contributed by atoms with Crippen LogP contribution in [0.25, 0.3) is 0 Å². The van der Waals surface area contributed by atoms with Gasteiger partial charge >= 0.3 is 5.97 Å². The van der Waals surface area contributed by atoms with E-state index in [1.54, 1.807) is 11.3 Å². The zero-order valence-corrected chi connectivity index (χ0v) is 13.6. The Labute approximate surface area is 125 Å². The highest BCUT2D eigenvalue weighted by Crippen LogP contribution is 2.35. The third-order valence-corrected chi connectivity index (χ3v) is 4.44. The first kappa shape index (κ1) is 15.3. The molecule has 0 bridgehead atoms. The highest BCUT2D eigenvalue weighted by Gasteiger charge is 2.32. The number of nitrogens with zero attached hydrogens (tertiary/aromatic N) is 2. The minimum atomic E-state index is -0.299. The first-order valence-corrected chi connectivity index (χ1v) is 8.25. The normalized spacial score (nSPS) is 14.7. The first-order valence-electron chi connectivity index (χ1n) is 7.44. The van der Waals surface area contributed by atoms with E-state index in [9.17, 15) is 4.79 Å². The molecule has 0 aromatic carbocycles. The van der Waals surface area contributed by atoms with Crippen LogP contribution >= 0.6 is 11.3 Å². The molecular formula is C15H24N2O2S. The molecular weight excluding hydrogens is 272 g/mol. The van der Waals surface area contributed by atoms with E-state index in [0.29, 0.717) is 24.3 Å². The van der Waals surface area contributed by atoms with E-state index in [4.69, 9.17) is 4.74 Å².